The molecule has 1 N–H and O–H groups in total. The van der Waals surface area contributed by atoms with Gasteiger partial charge in [-0.05, 0) is 61.9 Å². The molecule has 3 nitrogen and oxygen atoms in total. The molecule has 3 heteroatoms. The Morgan fingerprint density at radius 3 is 2.70 bits per heavy atom. The topological polar surface area (TPSA) is 46.5 Å². The van der Waals surface area contributed by atoms with Crippen LogP contribution in [0.2, 0.25) is 0 Å². The molecule has 0 aromatic rings. The number of hydrogen-bond acceptors (Lipinski definition) is 3. The molecule has 0 aliphatic heterocycles. The molecule has 4 atom stereocenters. The SMILES string of the molecule is C=C(COC(C)=O)[C@H]1CC[C@@]2(C)CCC[C@@](C)(O)[C@@H]2C1. The molecule has 2 aliphatic rings. The molecule has 2 rings (SSSR count). The maximum atomic E-state index is 10.9. The zero-order chi connectivity index (χ0) is 15.0. The lowest BCUT2D eigenvalue weighted by Crippen LogP contribution is -2.51. The molecule has 0 radical (unpaired) electrons. The van der Waals surface area contributed by atoms with Gasteiger partial charge in [-0.2, -0.15) is 0 Å². The Kier molecular flexibility index (Phi) is 4.29. The lowest BCUT2D eigenvalue weighted by molar-refractivity contribution is -0.140. The van der Waals surface area contributed by atoms with Crippen molar-refractivity contribution in [3.63, 3.8) is 0 Å². The summed E-state index contributed by atoms with van der Waals surface area (Å²) in [6.45, 7) is 10.2. The summed E-state index contributed by atoms with van der Waals surface area (Å²) in [7, 11) is 0. The van der Waals surface area contributed by atoms with Crippen molar-refractivity contribution < 1.29 is 14.6 Å². The predicted octanol–water partition coefficient (Wildman–Crippen LogP) is 3.46. The number of rotatable bonds is 3. The lowest BCUT2D eigenvalue weighted by atomic mass is 9.53. The van der Waals surface area contributed by atoms with Crippen LogP contribution >= 0.6 is 0 Å². The summed E-state index contributed by atoms with van der Waals surface area (Å²) in [5.41, 5.74) is 0.705. The van der Waals surface area contributed by atoms with Gasteiger partial charge in [-0.25, -0.2) is 0 Å². The molecule has 2 aliphatic carbocycles. The van der Waals surface area contributed by atoms with E-state index in [1.165, 1.54) is 13.3 Å². The summed E-state index contributed by atoms with van der Waals surface area (Å²) in [6.07, 6.45) is 6.46. The number of aliphatic hydroxyl groups is 1. The summed E-state index contributed by atoms with van der Waals surface area (Å²) >= 11 is 0. The highest BCUT2D eigenvalue weighted by atomic mass is 16.5. The Morgan fingerprint density at radius 1 is 1.35 bits per heavy atom. The van der Waals surface area contributed by atoms with Gasteiger partial charge in [-0.15, -0.1) is 0 Å². The first-order valence-corrected chi connectivity index (χ1v) is 7.78. The van der Waals surface area contributed by atoms with Gasteiger partial charge in [0.25, 0.3) is 0 Å². The monoisotopic (exact) mass is 280 g/mol. The van der Waals surface area contributed by atoms with E-state index in [4.69, 9.17) is 4.74 Å². The van der Waals surface area contributed by atoms with Gasteiger partial charge in [-0.3, -0.25) is 4.79 Å². The Hall–Kier alpha value is -0.830. The van der Waals surface area contributed by atoms with E-state index in [2.05, 4.69) is 13.5 Å². The molecule has 0 aromatic carbocycles. The first-order valence-electron chi connectivity index (χ1n) is 7.78. The minimum absolute atomic E-state index is 0.253. The van der Waals surface area contributed by atoms with Crippen molar-refractivity contribution in [3.8, 4) is 0 Å². The quantitative estimate of drug-likeness (QED) is 0.636. The van der Waals surface area contributed by atoms with Crippen molar-refractivity contribution in [1.82, 2.24) is 0 Å². The third-order valence-corrected chi connectivity index (χ3v) is 5.65. The standard InChI is InChI=1S/C17H28O3/c1-12(11-20-13(2)18)14-6-9-16(3)7-5-8-17(4,19)15(16)10-14/h14-15,19H,1,5-11H2,2-4H3/t14-,15+,16+,17+/m0/s1. The van der Waals surface area contributed by atoms with Crippen LogP contribution in [-0.4, -0.2) is 23.3 Å². The minimum atomic E-state index is -0.562. The summed E-state index contributed by atoms with van der Waals surface area (Å²) in [5, 5.41) is 10.7. The summed E-state index contributed by atoms with van der Waals surface area (Å²) in [6, 6.07) is 0. The molecular formula is C17H28O3. The fraction of sp³-hybridized carbons (Fsp3) is 0.824. The first-order chi connectivity index (χ1) is 9.24. The van der Waals surface area contributed by atoms with E-state index >= 15 is 0 Å². The lowest BCUT2D eigenvalue weighted by Gasteiger charge is -2.54. The summed E-state index contributed by atoms with van der Waals surface area (Å²) in [4.78, 5) is 10.9. The van der Waals surface area contributed by atoms with Crippen LogP contribution < -0.4 is 0 Å². The van der Waals surface area contributed by atoms with Crippen LogP contribution in [0.4, 0.5) is 0 Å². The maximum absolute atomic E-state index is 10.9. The number of carbonyl (C=O) groups is 1. The molecule has 0 bridgehead atoms. The Balaban J connectivity index is 2.04. The largest absolute Gasteiger partial charge is 0.461 e. The molecule has 0 amide bonds. The highest BCUT2D eigenvalue weighted by Gasteiger charge is 2.50. The Morgan fingerprint density at radius 2 is 2.05 bits per heavy atom. The number of ether oxygens (including phenoxy) is 1. The van der Waals surface area contributed by atoms with Gasteiger partial charge in [0.05, 0.1) is 5.60 Å². The first kappa shape index (κ1) is 15.6. The molecule has 0 unspecified atom stereocenters. The molecule has 0 saturated heterocycles. The van der Waals surface area contributed by atoms with Crippen molar-refractivity contribution in [2.75, 3.05) is 6.61 Å². The molecule has 0 spiro atoms. The Labute approximate surface area is 122 Å². The molecule has 0 heterocycles. The van der Waals surface area contributed by atoms with E-state index in [1.54, 1.807) is 0 Å². The van der Waals surface area contributed by atoms with Gasteiger partial charge < -0.3 is 9.84 Å². The molecule has 114 valence electrons. The molecule has 2 fully saturated rings. The second-order valence-corrected chi connectivity index (χ2v) is 7.33. The second-order valence-electron chi connectivity index (χ2n) is 7.33. The molecule has 2 saturated carbocycles. The van der Waals surface area contributed by atoms with Crippen LogP contribution in [0, 0.1) is 17.3 Å². The van der Waals surface area contributed by atoms with E-state index < -0.39 is 5.60 Å². The van der Waals surface area contributed by atoms with E-state index in [1.807, 2.05) is 6.92 Å². The second kappa shape index (κ2) is 5.51. The number of esters is 1. The molecule has 0 aromatic heterocycles. The van der Waals surface area contributed by atoms with Crippen LogP contribution in [-0.2, 0) is 9.53 Å². The number of hydrogen-bond donors (Lipinski definition) is 1. The minimum Gasteiger partial charge on any atom is -0.461 e. The van der Waals surface area contributed by atoms with Gasteiger partial charge in [-0.1, -0.05) is 19.9 Å². The van der Waals surface area contributed by atoms with Gasteiger partial charge in [0.15, 0.2) is 0 Å². The van der Waals surface area contributed by atoms with Gasteiger partial charge in [0, 0.05) is 6.92 Å². The van der Waals surface area contributed by atoms with Crippen LogP contribution in [0.3, 0.4) is 0 Å². The molecule has 20 heavy (non-hydrogen) atoms. The van der Waals surface area contributed by atoms with Crippen molar-refractivity contribution in [2.24, 2.45) is 17.3 Å². The van der Waals surface area contributed by atoms with Crippen LogP contribution in [0.5, 0.6) is 0 Å². The number of carbonyl (C=O) groups excluding carboxylic acids is 1. The predicted molar refractivity (Wildman–Crippen MR) is 79.2 cm³/mol. The third kappa shape index (κ3) is 3.08. The van der Waals surface area contributed by atoms with Crippen molar-refractivity contribution >= 4 is 5.97 Å². The van der Waals surface area contributed by atoms with Crippen molar-refractivity contribution in [2.45, 2.75) is 64.9 Å². The van der Waals surface area contributed by atoms with Crippen LogP contribution in [0.15, 0.2) is 12.2 Å². The average molecular weight is 280 g/mol. The molecular weight excluding hydrogens is 252 g/mol. The average Bonchev–Trinajstić information content (AvgIpc) is 2.35. The van der Waals surface area contributed by atoms with Crippen molar-refractivity contribution in [3.05, 3.63) is 12.2 Å². The van der Waals surface area contributed by atoms with Gasteiger partial charge in [0.2, 0.25) is 0 Å². The zero-order valence-corrected chi connectivity index (χ0v) is 13.1. The van der Waals surface area contributed by atoms with E-state index in [9.17, 15) is 9.90 Å². The van der Waals surface area contributed by atoms with E-state index in [0.29, 0.717) is 18.4 Å². The van der Waals surface area contributed by atoms with Crippen LogP contribution in [0.25, 0.3) is 0 Å². The zero-order valence-electron chi connectivity index (χ0n) is 13.1. The third-order valence-electron chi connectivity index (χ3n) is 5.65. The van der Waals surface area contributed by atoms with E-state index in [-0.39, 0.29) is 11.4 Å². The maximum Gasteiger partial charge on any atom is 0.302 e. The van der Waals surface area contributed by atoms with Crippen molar-refractivity contribution in [1.29, 1.82) is 0 Å². The summed E-state index contributed by atoms with van der Waals surface area (Å²) < 4.78 is 5.07. The van der Waals surface area contributed by atoms with Crippen LogP contribution in [0.1, 0.15) is 59.3 Å². The number of fused-ring (bicyclic) bond motifs is 1. The highest BCUT2D eigenvalue weighted by Crippen LogP contribution is 2.56. The smallest absolute Gasteiger partial charge is 0.302 e. The fourth-order valence-electron chi connectivity index (χ4n) is 4.38. The summed E-state index contributed by atoms with van der Waals surface area (Å²) in [5.74, 6) is 0.449. The van der Waals surface area contributed by atoms with Gasteiger partial charge in [0.1, 0.15) is 6.61 Å². The van der Waals surface area contributed by atoms with Gasteiger partial charge >= 0.3 is 5.97 Å². The highest BCUT2D eigenvalue weighted by molar-refractivity contribution is 5.66. The normalized spacial score (nSPS) is 40.8. The Bertz CT molecular complexity index is 399. The fourth-order valence-corrected chi connectivity index (χ4v) is 4.38. The van der Waals surface area contributed by atoms with E-state index in [0.717, 1.165) is 37.7 Å².